The van der Waals surface area contributed by atoms with Gasteiger partial charge in [-0.15, -0.1) is 0 Å². The number of carboxylic acids is 1. The number of amides is 2. The Morgan fingerprint density at radius 2 is 1.80 bits per heavy atom. The van der Waals surface area contributed by atoms with E-state index in [0.717, 1.165) is 19.3 Å². The van der Waals surface area contributed by atoms with Crippen LogP contribution in [0.1, 0.15) is 57.8 Å². The van der Waals surface area contributed by atoms with Crippen LogP contribution in [0.25, 0.3) is 0 Å². The summed E-state index contributed by atoms with van der Waals surface area (Å²) < 4.78 is 0. The van der Waals surface area contributed by atoms with Gasteiger partial charge in [-0.2, -0.15) is 0 Å². The van der Waals surface area contributed by atoms with Crippen molar-refractivity contribution in [1.29, 1.82) is 0 Å². The van der Waals surface area contributed by atoms with Gasteiger partial charge in [0.1, 0.15) is 6.04 Å². The SMILES string of the molecule is NC(=O)CCC(NC(=O)CCC1CCCCC1)C(=O)O. The highest BCUT2D eigenvalue weighted by molar-refractivity contribution is 5.84. The van der Waals surface area contributed by atoms with E-state index in [2.05, 4.69) is 5.32 Å². The minimum absolute atomic E-state index is 0.0415. The molecule has 0 heterocycles. The maximum Gasteiger partial charge on any atom is 0.326 e. The zero-order valence-corrected chi connectivity index (χ0v) is 11.8. The smallest absolute Gasteiger partial charge is 0.326 e. The summed E-state index contributed by atoms with van der Waals surface area (Å²) in [5, 5.41) is 11.5. The third-order valence-corrected chi connectivity index (χ3v) is 3.82. The van der Waals surface area contributed by atoms with Crippen LogP contribution >= 0.6 is 0 Å². The van der Waals surface area contributed by atoms with E-state index in [-0.39, 0.29) is 18.7 Å². The van der Waals surface area contributed by atoms with Crippen LogP contribution in [0, 0.1) is 5.92 Å². The number of carbonyl (C=O) groups excluding carboxylic acids is 2. The minimum atomic E-state index is -1.13. The van der Waals surface area contributed by atoms with Crippen LogP contribution in [0.5, 0.6) is 0 Å². The maximum atomic E-state index is 11.8. The highest BCUT2D eigenvalue weighted by Crippen LogP contribution is 2.27. The molecule has 2 amide bonds. The molecule has 6 nitrogen and oxygen atoms in total. The lowest BCUT2D eigenvalue weighted by atomic mass is 9.86. The maximum absolute atomic E-state index is 11.8. The molecule has 1 fully saturated rings. The monoisotopic (exact) mass is 284 g/mol. The van der Waals surface area contributed by atoms with Crippen molar-refractivity contribution in [3.8, 4) is 0 Å². The van der Waals surface area contributed by atoms with Crippen molar-refractivity contribution in [2.45, 2.75) is 63.8 Å². The number of carboxylic acid groups (broad SMARTS) is 1. The number of carbonyl (C=O) groups is 3. The van der Waals surface area contributed by atoms with Crippen molar-refractivity contribution in [2.24, 2.45) is 11.7 Å². The van der Waals surface area contributed by atoms with Gasteiger partial charge in [0, 0.05) is 12.8 Å². The third kappa shape index (κ3) is 6.54. The summed E-state index contributed by atoms with van der Waals surface area (Å²) in [6.07, 6.45) is 7.22. The van der Waals surface area contributed by atoms with Gasteiger partial charge in [-0.25, -0.2) is 4.79 Å². The Hall–Kier alpha value is -1.59. The molecular weight excluding hydrogens is 260 g/mol. The fourth-order valence-electron chi connectivity index (χ4n) is 2.62. The van der Waals surface area contributed by atoms with Gasteiger partial charge in [0.2, 0.25) is 11.8 Å². The summed E-state index contributed by atoms with van der Waals surface area (Å²) in [5.74, 6) is -1.36. The molecule has 1 aliphatic carbocycles. The molecule has 1 rings (SSSR count). The highest BCUT2D eigenvalue weighted by Gasteiger charge is 2.21. The Kier molecular flexibility index (Phi) is 7.04. The van der Waals surface area contributed by atoms with Crippen LogP contribution in [0.4, 0.5) is 0 Å². The molecule has 0 saturated heterocycles. The second-order valence-corrected chi connectivity index (χ2v) is 5.51. The lowest BCUT2D eigenvalue weighted by molar-refractivity contribution is -0.142. The topological polar surface area (TPSA) is 109 Å². The number of rotatable bonds is 8. The van der Waals surface area contributed by atoms with Gasteiger partial charge >= 0.3 is 5.97 Å². The number of nitrogens with two attached hydrogens (primary N) is 1. The Labute approximate surface area is 119 Å². The average molecular weight is 284 g/mol. The lowest BCUT2D eigenvalue weighted by Gasteiger charge is -2.21. The number of nitrogens with one attached hydrogen (secondary N) is 1. The van der Waals surface area contributed by atoms with Crippen LogP contribution in [-0.2, 0) is 14.4 Å². The molecule has 1 atom stereocenters. The molecule has 0 aromatic carbocycles. The fraction of sp³-hybridized carbons (Fsp3) is 0.786. The lowest BCUT2D eigenvalue weighted by Crippen LogP contribution is -2.41. The summed E-state index contributed by atoms with van der Waals surface area (Å²) >= 11 is 0. The summed E-state index contributed by atoms with van der Waals surface area (Å²) in [4.78, 5) is 33.4. The molecule has 1 aliphatic rings. The van der Waals surface area contributed by atoms with E-state index in [1.54, 1.807) is 0 Å². The molecule has 0 aromatic heterocycles. The van der Waals surface area contributed by atoms with Gasteiger partial charge in [0.25, 0.3) is 0 Å². The molecule has 1 saturated carbocycles. The Bertz CT molecular complexity index is 351. The molecule has 4 N–H and O–H groups in total. The summed E-state index contributed by atoms with van der Waals surface area (Å²) in [6, 6.07) is -1.03. The molecule has 0 radical (unpaired) electrons. The van der Waals surface area contributed by atoms with Gasteiger partial charge in [0.15, 0.2) is 0 Å². The van der Waals surface area contributed by atoms with Crippen molar-refractivity contribution >= 4 is 17.8 Å². The number of hydrogen-bond acceptors (Lipinski definition) is 3. The van der Waals surface area contributed by atoms with Crippen LogP contribution in [0.15, 0.2) is 0 Å². The Balaban J connectivity index is 2.29. The van der Waals surface area contributed by atoms with Gasteiger partial charge in [-0.05, 0) is 18.8 Å². The second-order valence-electron chi connectivity index (χ2n) is 5.51. The predicted octanol–water partition coefficient (Wildman–Crippen LogP) is 1.18. The van der Waals surface area contributed by atoms with E-state index >= 15 is 0 Å². The number of aliphatic carboxylic acids is 1. The second kappa shape index (κ2) is 8.55. The molecule has 1 unspecified atom stereocenters. The Morgan fingerprint density at radius 1 is 1.15 bits per heavy atom. The van der Waals surface area contributed by atoms with E-state index in [4.69, 9.17) is 10.8 Å². The van der Waals surface area contributed by atoms with Crippen molar-refractivity contribution in [1.82, 2.24) is 5.32 Å². The molecule has 20 heavy (non-hydrogen) atoms. The quantitative estimate of drug-likeness (QED) is 0.621. The minimum Gasteiger partial charge on any atom is -0.480 e. The van der Waals surface area contributed by atoms with Crippen LogP contribution in [-0.4, -0.2) is 28.9 Å². The van der Waals surface area contributed by atoms with Gasteiger partial charge in [0.05, 0.1) is 0 Å². The molecule has 0 aliphatic heterocycles. The van der Waals surface area contributed by atoms with E-state index in [1.807, 2.05) is 0 Å². The zero-order chi connectivity index (χ0) is 15.0. The summed E-state index contributed by atoms with van der Waals surface area (Å²) in [6.45, 7) is 0. The highest BCUT2D eigenvalue weighted by atomic mass is 16.4. The average Bonchev–Trinajstić information content (AvgIpc) is 2.41. The molecular formula is C14H24N2O4. The standard InChI is InChI=1S/C14H24N2O4/c15-12(17)8-7-11(14(19)20)16-13(18)9-6-10-4-2-1-3-5-10/h10-11H,1-9H2,(H2,15,17)(H,16,18)(H,19,20). The molecule has 0 spiro atoms. The van der Waals surface area contributed by atoms with Crippen LogP contribution in [0.2, 0.25) is 0 Å². The fourth-order valence-corrected chi connectivity index (χ4v) is 2.62. The van der Waals surface area contributed by atoms with Crippen molar-refractivity contribution in [3.05, 3.63) is 0 Å². The largest absolute Gasteiger partial charge is 0.480 e. The Morgan fingerprint density at radius 3 is 2.35 bits per heavy atom. The predicted molar refractivity (Wildman–Crippen MR) is 73.8 cm³/mol. The first kappa shape index (κ1) is 16.5. The van der Waals surface area contributed by atoms with E-state index in [1.165, 1.54) is 19.3 Å². The van der Waals surface area contributed by atoms with E-state index in [9.17, 15) is 14.4 Å². The third-order valence-electron chi connectivity index (χ3n) is 3.82. The van der Waals surface area contributed by atoms with E-state index < -0.39 is 17.9 Å². The number of primary amides is 1. The van der Waals surface area contributed by atoms with Gasteiger partial charge in [-0.3, -0.25) is 9.59 Å². The molecule has 0 aromatic rings. The summed E-state index contributed by atoms with van der Waals surface area (Å²) in [7, 11) is 0. The molecule has 114 valence electrons. The van der Waals surface area contributed by atoms with Crippen LogP contribution < -0.4 is 11.1 Å². The van der Waals surface area contributed by atoms with Crippen molar-refractivity contribution in [2.75, 3.05) is 0 Å². The van der Waals surface area contributed by atoms with E-state index in [0.29, 0.717) is 12.3 Å². The number of hydrogen-bond donors (Lipinski definition) is 3. The normalized spacial score (nSPS) is 17.4. The van der Waals surface area contributed by atoms with Gasteiger partial charge < -0.3 is 16.2 Å². The van der Waals surface area contributed by atoms with Crippen molar-refractivity contribution < 1.29 is 19.5 Å². The molecule has 6 heteroatoms. The first-order valence-corrected chi connectivity index (χ1v) is 7.29. The van der Waals surface area contributed by atoms with Crippen molar-refractivity contribution in [3.63, 3.8) is 0 Å². The first-order chi connectivity index (χ1) is 9.49. The van der Waals surface area contributed by atoms with Crippen LogP contribution in [0.3, 0.4) is 0 Å². The summed E-state index contributed by atoms with van der Waals surface area (Å²) in [5.41, 5.74) is 4.98. The molecule has 0 bridgehead atoms. The zero-order valence-electron chi connectivity index (χ0n) is 11.8. The van der Waals surface area contributed by atoms with Gasteiger partial charge in [-0.1, -0.05) is 32.1 Å². The first-order valence-electron chi connectivity index (χ1n) is 7.29.